The molecule has 0 bridgehead atoms. The van der Waals surface area contributed by atoms with E-state index in [1.165, 1.54) is 11.5 Å². The molecule has 14 heavy (non-hydrogen) atoms. The Balaban J connectivity index is 2.15. The van der Waals surface area contributed by atoms with Gasteiger partial charge in [-0.15, -0.1) is 0 Å². The summed E-state index contributed by atoms with van der Waals surface area (Å²) < 4.78 is 3.95. The Kier molecular flexibility index (Phi) is 1.89. The number of rotatable bonds is 2. The van der Waals surface area contributed by atoms with Crippen LogP contribution < -0.4 is 11.1 Å². The largest absolute Gasteiger partial charge is 0.382 e. The predicted octanol–water partition coefficient (Wildman–Crippen LogP) is 1.81. The lowest BCUT2D eigenvalue weighted by Crippen LogP contribution is -2.08. The van der Waals surface area contributed by atoms with E-state index >= 15 is 0 Å². The van der Waals surface area contributed by atoms with Gasteiger partial charge >= 0.3 is 0 Å². The normalized spacial score (nSPS) is 22.8. The molecule has 5 heteroatoms. The fraction of sp³-hybridized carbons (Fsp3) is 0.556. The van der Waals surface area contributed by atoms with Crippen LogP contribution in [0, 0.1) is 16.7 Å². The second kappa shape index (κ2) is 2.85. The van der Waals surface area contributed by atoms with E-state index in [0.717, 1.165) is 11.4 Å². The van der Waals surface area contributed by atoms with Crippen molar-refractivity contribution in [2.45, 2.75) is 26.3 Å². The molecule has 0 aliphatic heterocycles. The van der Waals surface area contributed by atoms with Crippen molar-refractivity contribution in [1.29, 1.82) is 5.26 Å². The molecule has 74 valence electrons. The van der Waals surface area contributed by atoms with E-state index in [-0.39, 0.29) is 0 Å². The van der Waals surface area contributed by atoms with E-state index in [0.29, 0.717) is 22.8 Å². The zero-order valence-corrected chi connectivity index (χ0v) is 8.98. The van der Waals surface area contributed by atoms with Crippen LogP contribution in [0.2, 0.25) is 0 Å². The zero-order valence-electron chi connectivity index (χ0n) is 8.16. The van der Waals surface area contributed by atoms with Crippen LogP contribution in [0.4, 0.5) is 10.8 Å². The second-order valence-electron chi connectivity index (χ2n) is 4.27. The van der Waals surface area contributed by atoms with Gasteiger partial charge in [-0.05, 0) is 23.4 Å². The monoisotopic (exact) mass is 208 g/mol. The van der Waals surface area contributed by atoms with Gasteiger partial charge < -0.3 is 11.1 Å². The summed E-state index contributed by atoms with van der Waals surface area (Å²) >= 11 is 1.26. The number of nitriles is 1. The summed E-state index contributed by atoms with van der Waals surface area (Å²) in [6.45, 7) is 4.39. The van der Waals surface area contributed by atoms with E-state index < -0.39 is 0 Å². The molecule has 1 fully saturated rings. The van der Waals surface area contributed by atoms with Crippen molar-refractivity contribution in [3.63, 3.8) is 0 Å². The molecular weight excluding hydrogens is 196 g/mol. The Morgan fingerprint density at radius 1 is 1.71 bits per heavy atom. The van der Waals surface area contributed by atoms with Gasteiger partial charge in [0.1, 0.15) is 16.6 Å². The van der Waals surface area contributed by atoms with Crippen LogP contribution >= 0.6 is 11.5 Å². The lowest BCUT2D eigenvalue weighted by molar-refractivity contribution is 0.631. The molecule has 4 nitrogen and oxygen atoms in total. The van der Waals surface area contributed by atoms with Gasteiger partial charge in [0, 0.05) is 6.04 Å². The first kappa shape index (κ1) is 9.28. The van der Waals surface area contributed by atoms with Gasteiger partial charge in [0.05, 0.1) is 0 Å². The van der Waals surface area contributed by atoms with Crippen LogP contribution in [-0.2, 0) is 0 Å². The van der Waals surface area contributed by atoms with Crippen molar-refractivity contribution in [3.8, 4) is 6.07 Å². The smallest absolute Gasteiger partial charge is 0.157 e. The van der Waals surface area contributed by atoms with Gasteiger partial charge in [-0.2, -0.15) is 9.64 Å². The third-order valence-electron chi connectivity index (χ3n) is 2.65. The number of nitrogens with two attached hydrogens (primary N) is 1. The Bertz CT molecular complexity index is 401. The maximum absolute atomic E-state index is 8.85. The standard InChI is InChI=1S/C9H12N4S/c1-9(2)3-6(9)12-8-5(4-10)7(11)13-14-8/h6,12H,3H2,1-2H3,(H2,11,13). The van der Waals surface area contributed by atoms with Gasteiger partial charge in [0.15, 0.2) is 5.82 Å². The SMILES string of the molecule is CC1(C)CC1Nc1snc(N)c1C#N. The molecular formula is C9H12N4S. The van der Waals surface area contributed by atoms with Crippen LogP contribution in [-0.4, -0.2) is 10.4 Å². The van der Waals surface area contributed by atoms with Gasteiger partial charge in [0.25, 0.3) is 0 Å². The van der Waals surface area contributed by atoms with Gasteiger partial charge in [-0.1, -0.05) is 13.8 Å². The maximum atomic E-state index is 8.85. The van der Waals surface area contributed by atoms with Crippen molar-refractivity contribution in [3.05, 3.63) is 5.56 Å². The molecule has 1 aliphatic rings. The highest BCUT2D eigenvalue weighted by Crippen LogP contribution is 2.47. The third kappa shape index (κ3) is 1.42. The summed E-state index contributed by atoms with van der Waals surface area (Å²) in [6.07, 6.45) is 1.13. The van der Waals surface area contributed by atoms with Crippen LogP contribution in [0.25, 0.3) is 0 Å². The third-order valence-corrected chi connectivity index (χ3v) is 3.44. The highest BCUT2D eigenvalue weighted by molar-refractivity contribution is 7.10. The first-order valence-electron chi connectivity index (χ1n) is 4.46. The number of hydrogen-bond acceptors (Lipinski definition) is 5. The molecule has 3 N–H and O–H groups in total. The molecule has 1 heterocycles. The van der Waals surface area contributed by atoms with Crippen molar-refractivity contribution < 1.29 is 0 Å². The Morgan fingerprint density at radius 3 is 2.86 bits per heavy atom. The van der Waals surface area contributed by atoms with E-state index in [2.05, 4.69) is 29.6 Å². The van der Waals surface area contributed by atoms with Gasteiger partial charge in [-0.25, -0.2) is 0 Å². The van der Waals surface area contributed by atoms with Crippen molar-refractivity contribution in [2.24, 2.45) is 5.41 Å². The molecule has 0 amide bonds. The topological polar surface area (TPSA) is 74.7 Å². The lowest BCUT2D eigenvalue weighted by Gasteiger charge is -2.04. The average molecular weight is 208 g/mol. The zero-order chi connectivity index (χ0) is 10.3. The van der Waals surface area contributed by atoms with Gasteiger partial charge in [-0.3, -0.25) is 0 Å². The predicted molar refractivity (Wildman–Crippen MR) is 57.1 cm³/mol. The van der Waals surface area contributed by atoms with E-state index in [9.17, 15) is 0 Å². The molecule has 1 unspecified atom stereocenters. The van der Waals surface area contributed by atoms with Crippen LogP contribution in [0.3, 0.4) is 0 Å². The van der Waals surface area contributed by atoms with Crippen molar-refractivity contribution in [2.75, 3.05) is 11.1 Å². The quantitative estimate of drug-likeness (QED) is 0.777. The number of nitrogen functional groups attached to an aromatic ring is 1. The van der Waals surface area contributed by atoms with E-state index in [4.69, 9.17) is 11.0 Å². The minimum Gasteiger partial charge on any atom is -0.382 e. The summed E-state index contributed by atoms with van der Waals surface area (Å²) in [5.74, 6) is 0.332. The number of nitrogens with one attached hydrogen (secondary N) is 1. The summed E-state index contributed by atoms with van der Waals surface area (Å²) in [5, 5.41) is 13.0. The summed E-state index contributed by atoms with van der Waals surface area (Å²) in [4.78, 5) is 0. The van der Waals surface area contributed by atoms with Gasteiger partial charge in [0.2, 0.25) is 0 Å². The molecule has 0 aromatic carbocycles. The lowest BCUT2D eigenvalue weighted by atomic mass is 10.2. The minimum atomic E-state index is 0.332. The number of aromatic nitrogens is 1. The molecule has 0 radical (unpaired) electrons. The number of anilines is 2. The molecule has 1 aliphatic carbocycles. The molecule has 1 aromatic rings. The number of nitrogens with zero attached hydrogens (tertiary/aromatic N) is 2. The Labute approximate surface area is 86.9 Å². The molecule has 1 saturated carbocycles. The fourth-order valence-electron chi connectivity index (χ4n) is 1.38. The summed E-state index contributed by atoms with van der Waals surface area (Å²) in [7, 11) is 0. The fourth-order valence-corrected chi connectivity index (χ4v) is 2.10. The van der Waals surface area contributed by atoms with Crippen molar-refractivity contribution >= 4 is 22.4 Å². The molecule has 1 atom stereocenters. The first-order chi connectivity index (χ1) is 6.54. The van der Waals surface area contributed by atoms with Crippen LogP contribution in [0.15, 0.2) is 0 Å². The van der Waals surface area contributed by atoms with Crippen LogP contribution in [0.1, 0.15) is 25.8 Å². The van der Waals surface area contributed by atoms with E-state index in [1.807, 2.05) is 0 Å². The van der Waals surface area contributed by atoms with E-state index in [1.54, 1.807) is 0 Å². The highest BCUT2D eigenvalue weighted by atomic mass is 32.1. The summed E-state index contributed by atoms with van der Waals surface area (Å²) in [6, 6.07) is 2.52. The number of hydrogen-bond donors (Lipinski definition) is 2. The average Bonchev–Trinajstić information content (AvgIpc) is 2.55. The molecule has 2 rings (SSSR count). The summed E-state index contributed by atoms with van der Waals surface area (Å²) in [5.41, 5.74) is 6.38. The highest BCUT2D eigenvalue weighted by Gasteiger charge is 2.46. The molecule has 0 saturated heterocycles. The van der Waals surface area contributed by atoms with Crippen LogP contribution in [0.5, 0.6) is 0 Å². The minimum absolute atomic E-state index is 0.332. The van der Waals surface area contributed by atoms with Crippen molar-refractivity contribution in [1.82, 2.24) is 4.37 Å². The molecule has 0 spiro atoms. The Morgan fingerprint density at radius 2 is 2.36 bits per heavy atom. The molecule has 1 aromatic heterocycles. The first-order valence-corrected chi connectivity index (χ1v) is 5.24. The second-order valence-corrected chi connectivity index (χ2v) is 5.05. The maximum Gasteiger partial charge on any atom is 0.157 e. The Hall–Kier alpha value is -1.28.